The van der Waals surface area contributed by atoms with Crippen LogP contribution < -0.4 is 4.74 Å². The first kappa shape index (κ1) is 16.0. The molecule has 0 saturated carbocycles. The number of nitriles is 1. The smallest absolute Gasteiger partial charge is 0.257 e. The van der Waals surface area contributed by atoms with E-state index >= 15 is 0 Å². The van der Waals surface area contributed by atoms with Crippen molar-refractivity contribution < 1.29 is 14.3 Å². The van der Waals surface area contributed by atoms with E-state index in [4.69, 9.17) is 14.7 Å². The number of rotatable bonds is 8. The highest BCUT2D eigenvalue weighted by atomic mass is 16.5. The van der Waals surface area contributed by atoms with Gasteiger partial charge in [-0.2, -0.15) is 5.26 Å². The highest BCUT2D eigenvalue weighted by molar-refractivity contribution is 5.97. The third-order valence-corrected chi connectivity index (χ3v) is 2.76. The van der Waals surface area contributed by atoms with Gasteiger partial charge in [-0.1, -0.05) is 12.1 Å². The summed E-state index contributed by atoms with van der Waals surface area (Å²) in [5.41, 5.74) is 0.517. The van der Waals surface area contributed by atoms with Gasteiger partial charge in [-0.3, -0.25) is 4.79 Å². The van der Waals surface area contributed by atoms with Gasteiger partial charge in [0.05, 0.1) is 31.3 Å². The van der Waals surface area contributed by atoms with Crippen molar-refractivity contribution in [2.24, 2.45) is 0 Å². The number of nitrogens with zero attached hydrogens (tertiary/aromatic N) is 2. The van der Waals surface area contributed by atoms with Gasteiger partial charge in [0.15, 0.2) is 0 Å². The SMILES string of the molecule is CCOc1ccccc1C(=O)N(CCC#N)CCOC. The molecule has 1 aromatic rings. The largest absolute Gasteiger partial charge is 0.493 e. The second-order valence-electron chi connectivity index (χ2n) is 4.12. The second kappa shape index (κ2) is 8.94. The highest BCUT2D eigenvalue weighted by Gasteiger charge is 2.18. The zero-order valence-electron chi connectivity index (χ0n) is 12.0. The van der Waals surface area contributed by atoms with Gasteiger partial charge in [0.2, 0.25) is 0 Å². The van der Waals surface area contributed by atoms with E-state index in [2.05, 4.69) is 6.07 Å². The van der Waals surface area contributed by atoms with Crippen LogP contribution in [0.2, 0.25) is 0 Å². The topological polar surface area (TPSA) is 62.6 Å². The summed E-state index contributed by atoms with van der Waals surface area (Å²) in [7, 11) is 1.58. The van der Waals surface area contributed by atoms with Gasteiger partial charge in [0.25, 0.3) is 5.91 Å². The molecule has 0 spiro atoms. The fraction of sp³-hybridized carbons (Fsp3) is 0.467. The average molecular weight is 276 g/mol. The molecule has 108 valence electrons. The van der Waals surface area contributed by atoms with Crippen LogP contribution in [-0.2, 0) is 4.74 Å². The zero-order valence-corrected chi connectivity index (χ0v) is 12.0. The molecule has 0 aliphatic heterocycles. The third kappa shape index (κ3) is 4.56. The lowest BCUT2D eigenvalue weighted by Crippen LogP contribution is -2.35. The minimum atomic E-state index is -0.138. The lowest BCUT2D eigenvalue weighted by molar-refractivity contribution is 0.0696. The molecule has 0 bridgehead atoms. The molecule has 0 atom stereocenters. The van der Waals surface area contributed by atoms with Crippen LogP contribution in [0.1, 0.15) is 23.7 Å². The third-order valence-electron chi connectivity index (χ3n) is 2.76. The Balaban J connectivity index is 2.90. The lowest BCUT2D eigenvalue weighted by atomic mass is 10.1. The normalized spacial score (nSPS) is 9.85. The van der Waals surface area contributed by atoms with E-state index in [9.17, 15) is 4.79 Å². The van der Waals surface area contributed by atoms with E-state index < -0.39 is 0 Å². The van der Waals surface area contributed by atoms with Crippen LogP contribution in [0.5, 0.6) is 5.75 Å². The summed E-state index contributed by atoms with van der Waals surface area (Å²) in [5, 5.41) is 8.69. The first-order valence-electron chi connectivity index (χ1n) is 6.61. The van der Waals surface area contributed by atoms with E-state index in [1.807, 2.05) is 13.0 Å². The number of carbonyl (C=O) groups is 1. The van der Waals surface area contributed by atoms with Crippen molar-refractivity contribution >= 4 is 5.91 Å². The van der Waals surface area contributed by atoms with Gasteiger partial charge in [-0.15, -0.1) is 0 Å². The van der Waals surface area contributed by atoms with Crippen molar-refractivity contribution in [2.75, 3.05) is 33.4 Å². The van der Waals surface area contributed by atoms with Gasteiger partial charge >= 0.3 is 0 Å². The minimum absolute atomic E-state index is 0.138. The molecular formula is C15H20N2O3. The molecule has 0 radical (unpaired) electrons. The molecule has 0 unspecified atom stereocenters. The van der Waals surface area contributed by atoms with Crippen molar-refractivity contribution in [2.45, 2.75) is 13.3 Å². The molecule has 0 aromatic heterocycles. The maximum absolute atomic E-state index is 12.5. The van der Waals surface area contributed by atoms with Crippen molar-refractivity contribution in [1.29, 1.82) is 5.26 Å². The molecule has 0 aliphatic rings. The summed E-state index contributed by atoms with van der Waals surface area (Å²) in [6, 6.07) is 9.19. The highest BCUT2D eigenvalue weighted by Crippen LogP contribution is 2.20. The van der Waals surface area contributed by atoms with Crippen LogP contribution in [0, 0.1) is 11.3 Å². The number of methoxy groups -OCH3 is 1. The molecule has 0 saturated heterocycles. The van der Waals surface area contributed by atoms with Crippen LogP contribution in [0.25, 0.3) is 0 Å². The number of para-hydroxylation sites is 1. The summed E-state index contributed by atoms with van der Waals surface area (Å²) >= 11 is 0. The second-order valence-corrected chi connectivity index (χ2v) is 4.12. The zero-order chi connectivity index (χ0) is 14.8. The quantitative estimate of drug-likeness (QED) is 0.729. The van der Waals surface area contributed by atoms with Crippen LogP contribution in [0.4, 0.5) is 0 Å². The molecule has 0 aliphatic carbocycles. The molecule has 20 heavy (non-hydrogen) atoms. The summed E-state index contributed by atoms with van der Waals surface area (Å²) in [6.07, 6.45) is 0.298. The van der Waals surface area contributed by atoms with Gasteiger partial charge in [0.1, 0.15) is 5.75 Å². The fourth-order valence-electron chi connectivity index (χ4n) is 1.80. The summed E-state index contributed by atoms with van der Waals surface area (Å²) in [5.74, 6) is 0.431. The number of hydrogen-bond acceptors (Lipinski definition) is 4. The predicted octanol–water partition coefficient (Wildman–Crippen LogP) is 2.09. The molecule has 0 N–H and O–H groups in total. The Morgan fingerprint density at radius 2 is 2.10 bits per heavy atom. The van der Waals surface area contributed by atoms with E-state index in [0.717, 1.165) is 0 Å². The van der Waals surface area contributed by atoms with E-state index in [-0.39, 0.29) is 5.91 Å². The Kier molecular flexibility index (Phi) is 7.15. The minimum Gasteiger partial charge on any atom is -0.493 e. The number of benzene rings is 1. The Labute approximate surface area is 119 Å². The van der Waals surface area contributed by atoms with Crippen LogP contribution in [0.3, 0.4) is 0 Å². The lowest BCUT2D eigenvalue weighted by Gasteiger charge is -2.22. The van der Waals surface area contributed by atoms with Crippen molar-refractivity contribution in [1.82, 2.24) is 4.90 Å². The summed E-state index contributed by atoms with van der Waals surface area (Å²) in [4.78, 5) is 14.1. The summed E-state index contributed by atoms with van der Waals surface area (Å²) < 4.78 is 10.5. The number of amides is 1. The Morgan fingerprint density at radius 1 is 1.35 bits per heavy atom. The van der Waals surface area contributed by atoms with Gasteiger partial charge in [-0.25, -0.2) is 0 Å². The number of carbonyl (C=O) groups excluding carboxylic acids is 1. The monoisotopic (exact) mass is 276 g/mol. The predicted molar refractivity (Wildman–Crippen MR) is 75.6 cm³/mol. The molecule has 1 aromatic carbocycles. The Hall–Kier alpha value is -2.06. The molecule has 0 heterocycles. The van der Waals surface area contributed by atoms with Gasteiger partial charge in [-0.05, 0) is 19.1 Å². The van der Waals surface area contributed by atoms with Gasteiger partial charge < -0.3 is 14.4 Å². The number of ether oxygens (including phenoxy) is 2. The van der Waals surface area contributed by atoms with E-state index in [1.54, 1.807) is 30.2 Å². The van der Waals surface area contributed by atoms with Gasteiger partial charge in [0, 0.05) is 20.2 Å². The molecule has 5 heteroatoms. The maximum Gasteiger partial charge on any atom is 0.257 e. The first-order valence-corrected chi connectivity index (χ1v) is 6.61. The van der Waals surface area contributed by atoms with Crippen molar-refractivity contribution in [3.05, 3.63) is 29.8 Å². The molecule has 0 fully saturated rings. The molecule has 1 rings (SSSR count). The first-order chi connectivity index (χ1) is 9.74. The van der Waals surface area contributed by atoms with Crippen molar-refractivity contribution in [3.63, 3.8) is 0 Å². The molecule has 5 nitrogen and oxygen atoms in total. The molecule has 1 amide bonds. The number of hydrogen-bond donors (Lipinski definition) is 0. The molecular weight excluding hydrogens is 256 g/mol. The van der Waals surface area contributed by atoms with Crippen molar-refractivity contribution in [3.8, 4) is 11.8 Å². The van der Waals surface area contributed by atoms with Crippen LogP contribution in [-0.4, -0.2) is 44.2 Å². The fourth-order valence-corrected chi connectivity index (χ4v) is 1.80. The Bertz CT molecular complexity index is 468. The summed E-state index contributed by atoms with van der Waals surface area (Å²) in [6.45, 7) is 3.66. The van der Waals surface area contributed by atoms with Crippen LogP contribution >= 0.6 is 0 Å². The Morgan fingerprint density at radius 3 is 2.75 bits per heavy atom. The van der Waals surface area contributed by atoms with Crippen LogP contribution in [0.15, 0.2) is 24.3 Å². The van der Waals surface area contributed by atoms with E-state index in [1.165, 1.54) is 0 Å². The average Bonchev–Trinajstić information content (AvgIpc) is 2.48. The standard InChI is InChI=1S/C15H20N2O3/c1-3-20-14-8-5-4-7-13(14)15(18)17(10-6-9-16)11-12-19-2/h4-5,7-8H,3,6,10-12H2,1-2H3. The van der Waals surface area contributed by atoms with E-state index in [0.29, 0.717) is 44.0 Å². The maximum atomic E-state index is 12.5.